The number of halogens is 1. The summed E-state index contributed by atoms with van der Waals surface area (Å²) in [6.07, 6.45) is 4.13. The second-order valence-electron chi connectivity index (χ2n) is 6.84. The fourth-order valence-corrected chi connectivity index (χ4v) is 4.74. The average molecular weight is 455 g/mol. The van der Waals surface area contributed by atoms with Gasteiger partial charge in [-0.05, 0) is 53.4 Å². The molecule has 0 saturated carbocycles. The largest absolute Gasteiger partial charge is 0.297 e. The molecule has 3 aromatic rings. The topological polar surface area (TPSA) is 43.4 Å². The number of hydrogen-bond donors (Lipinski definition) is 0. The lowest BCUT2D eigenvalue weighted by Crippen LogP contribution is -2.16. The van der Waals surface area contributed by atoms with Crippen molar-refractivity contribution < 1.29 is 12.6 Å². The van der Waals surface area contributed by atoms with Gasteiger partial charge >= 0.3 is 0 Å². The molecule has 1 aliphatic rings. The zero-order chi connectivity index (χ0) is 19.7. The fraction of sp³-hybridized carbons (Fsp3) is 0.130. The van der Waals surface area contributed by atoms with Crippen LogP contribution in [-0.4, -0.2) is 15.0 Å². The van der Waals surface area contributed by atoms with Gasteiger partial charge in [-0.3, -0.25) is 4.18 Å². The van der Waals surface area contributed by atoms with Crippen molar-refractivity contribution in [2.75, 3.05) is 6.61 Å². The van der Waals surface area contributed by atoms with E-state index in [-0.39, 0.29) is 17.4 Å². The summed E-state index contributed by atoms with van der Waals surface area (Å²) in [5.74, 6) is -0.186. The van der Waals surface area contributed by atoms with Crippen molar-refractivity contribution in [1.82, 2.24) is 0 Å². The highest BCUT2D eigenvalue weighted by atomic mass is 79.9. The Kier molecular flexibility index (Phi) is 5.23. The number of benzene rings is 3. The Hall–Kier alpha value is -2.21. The SMILES string of the molecule is Cc1ccc(S(=O)(=O)OCC2c3ccccc3C=Cc3cc(Br)ccc32)cc1. The molecule has 1 aliphatic carbocycles. The molecule has 1 atom stereocenters. The van der Waals surface area contributed by atoms with E-state index in [1.54, 1.807) is 24.3 Å². The minimum Gasteiger partial charge on any atom is -0.265 e. The van der Waals surface area contributed by atoms with E-state index in [1.807, 2.05) is 49.4 Å². The van der Waals surface area contributed by atoms with Crippen molar-refractivity contribution in [2.24, 2.45) is 0 Å². The maximum Gasteiger partial charge on any atom is 0.297 e. The lowest BCUT2D eigenvalue weighted by molar-refractivity contribution is 0.305. The summed E-state index contributed by atoms with van der Waals surface area (Å²) in [6, 6.07) is 20.8. The molecule has 5 heteroatoms. The summed E-state index contributed by atoms with van der Waals surface area (Å²) in [5, 5.41) is 0. The van der Waals surface area contributed by atoms with Gasteiger partial charge in [0.25, 0.3) is 10.1 Å². The van der Waals surface area contributed by atoms with E-state index in [1.165, 1.54) is 0 Å². The minimum absolute atomic E-state index is 0.0452. The lowest BCUT2D eigenvalue weighted by Gasteiger charge is -2.20. The van der Waals surface area contributed by atoms with E-state index in [9.17, 15) is 8.42 Å². The second-order valence-corrected chi connectivity index (χ2v) is 9.37. The van der Waals surface area contributed by atoms with E-state index >= 15 is 0 Å². The predicted octanol–water partition coefficient (Wildman–Crippen LogP) is 5.78. The molecule has 0 radical (unpaired) electrons. The van der Waals surface area contributed by atoms with Gasteiger partial charge in [0.05, 0.1) is 11.5 Å². The van der Waals surface area contributed by atoms with E-state index in [0.717, 1.165) is 32.3 Å². The molecular weight excluding hydrogens is 436 g/mol. The first-order valence-electron chi connectivity index (χ1n) is 8.96. The zero-order valence-electron chi connectivity index (χ0n) is 15.3. The molecule has 0 spiro atoms. The van der Waals surface area contributed by atoms with Crippen molar-refractivity contribution in [2.45, 2.75) is 17.7 Å². The van der Waals surface area contributed by atoms with Gasteiger partial charge in [0.1, 0.15) is 0 Å². The van der Waals surface area contributed by atoms with Crippen LogP contribution in [0.25, 0.3) is 12.2 Å². The summed E-state index contributed by atoms with van der Waals surface area (Å²) >= 11 is 3.52. The van der Waals surface area contributed by atoms with Crippen molar-refractivity contribution in [3.8, 4) is 0 Å². The first-order valence-corrected chi connectivity index (χ1v) is 11.2. The van der Waals surface area contributed by atoms with Gasteiger partial charge in [-0.25, -0.2) is 0 Å². The molecule has 0 N–H and O–H groups in total. The monoisotopic (exact) mass is 454 g/mol. The molecule has 1 unspecified atom stereocenters. The standard InChI is InChI=1S/C23H19BrO3S/c1-16-6-11-20(12-7-16)28(25,26)27-15-23-21-5-3-2-4-17(21)8-9-18-14-19(24)10-13-22(18)23/h2-14,23H,15H2,1H3. The lowest BCUT2D eigenvalue weighted by atomic mass is 9.88. The van der Waals surface area contributed by atoms with Crippen LogP contribution < -0.4 is 0 Å². The molecular formula is C23H19BrO3S. The fourth-order valence-electron chi connectivity index (χ4n) is 3.44. The Bertz CT molecular complexity index is 1150. The molecule has 0 saturated heterocycles. The summed E-state index contributed by atoms with van der Waals surface area (Å²) < 4.78 is 31.9. The maximum atomic E-state index is 12.7. The molecule has 3 nitrogen and oxygen atoms in total. The highest BCUT2D eigenvalue weighted by molar-refractivity contribution is 9.10. The number of hydrogen-bond acceptors (Lipinski definition) is 3. The highest BCUT2D eigenvalue weighted by Gasteiger charge is 2.25. The first-order chi connectivity index (χ1) is 13.4. The van der Waals surface area contributed by atoms with Gasteiger partial charge in [0.2, 0.25) is 0 Å². The first kappa shape index (κ1) is 19.1. The maximum absolute atomic E-state index is 12.7. The van der Waals surface area contributed by atoms with Crippen LogP contribution in [0, 0.1) is 6.92 Å². The van der Waals surface area contributed by atoms with Crippen molar-refractivity contribution in [3.05, 3.63) is 99.0 Å². The van der Waals surface area contributed by atoms with Crippen molar-refractivity contribution in [1.29, 1.82) is 0 Å². The van der Waals surface area contributed by atoms with Gasteiger partial charge in [0, 0.05) is 10.4 Å². The molecule has 142 valence electrons. The van der Waals surface area contributed by atoms with Crippen molar-refractivity contribution >= 4 is 38.2 Å². The molecule has 0 fully saturated rings. The van der Waals surface area contributed by atoms with Crippen molar-refractivity contribution in [3.63, 3.8) is 0 Å². The third-order valence-corrected chi connectivity index (χ3v) is 6.73. The van der Waals surface area contributed by atoms with Crippen LogP contribution >= 0.6 is 15.9 Å². The highest BCUT2D eigenvalue weighted by Crippen LogP contribution is 2.36. The molecule has 3 aromatic carbocycles. The van der Waals surface area contributed by atoms with Crippen LogP contribution in [0.2, 0.25) is 0 Å². The minimum atomic E-state index is -3.83. The van der Waals surface area contributed by atoms with Crippen LogP contribution in [0.5, 0.6) is 0 Å². The molecule has 0 heterocycles. The number of fused-ring (bicyclic) bond motifs is 2. The number of aryl methyl sites for hydroxylation is 1. The van der Waals surface area contributed by atoms with Gasteiger partial charge in [-0.1, -0.05) is 76.1 Å². The molecule has 0 bridgehead atoms. The van der Waals surface area contributed by atoms with Gasteiger partial charge < -0.3 is 0 Å². The summed E-state index contributed by atoms with van der Waals surface area (Å²) in [7, 11) is -3.83. The smallest absolute Gasteiger partial charge is 0.265 e. The quantitative estimate of drug-likeness (QED) is 0.469. The van der Waals surface area contributed by atoms with Crippen LogP contribution in [0.4, 0.5) is 0 Å². The Labute approximate surface area is 173 Å². The summed E-state index contributed by atoms with van der Waals surface area (Å²) in [4.78, 5) is 0.175. The summed E-state index contributed by atoms with van der Waals surface area (Å²) in [5.41, 5.74) is 5.22. The summed E-state index contributed by atoms with van der Waals surface area (Å²) in [6.45, 7) is 1.96. The van der Waals surface area contributed by atoms with Crippen LogP contribution in [0.1, 0.15) is 33.7 Å². The van der Waals surface area contributed by atoms with E-state index in [4.69, 9.17) is 4.18 Å². The third kappa shape index (κ3) is 3.83. The van der Waals surface area contributed by atoms with E-state index < -0.39 is 10.1 Å². The predicted molar refractivity (Wildman–Crippen MR) is 116 cm³/mol. The molecule has 4 rings (SSSR count). The molecule has 0 amide bonds. The Morgan fingerprint density at radius 2 is 1.57 bits per heavy atom. The van der Waals surface area contributed by atoms with E-state index in [0.29, 0.717) is 0 Å². The van der Waals surface area contributed by atoms with Gasteiger partial charge in [-0.15, -0.1) is 0 Å². The normalized spacial score (nSPS) is 15.6. The van der Waals surface area contributed by atoms with Crippen LogP contribution in [0.3, 0.4) is 0 Å². The Morgan fingerprint density at radius 3 is 2.36 bits per heavy atom. The second kappa shape index (κ2) is 7.66. The third-order valence-electron chi connectivity index (χ3n) is 4.94. The Balaban J connectivity index is 1.71. The van der Waals surface area contributed by atoms with E-state index in [2.05, 4.69) is 28.1 Å². The molecule has 28 heavy (non-hydrogen) atoms. The Morgan fingerprint density at radius 1 is 0.893 bits per heavy atom. The number of rotatable bonds is 4. The molecule has 0 aromatic heterocycles. The molecule has 0 aliphatic heterocycles. The average Bonchev–Trinajstić information content (AvgIpc) is 2.83. The van der Waals surface area contributed by atoms with Crippen LogP contribution in [-0.2, 0) is 14.3 Å². The van der Waals surface area contributed by atoms with Gasteiger partial charge in [-0.2, -0.15) is 8.42 Å². The zero-order valence-corrected chi connectivity index (χ0v) is 17.7. The van der Waals surface area contributed by atoms with Gasteiger partial charge in [0.15, 0.2) is 0 Å². The van der Waals surface area contributed by atoms with Crippen LogP contribution in [0.15, 0.2) is 76.1 Å².